The Labute approximate surface area is 126 Å². The largest absolute Gasteiger partial charge is 0.383 e. The van der Waals surface area contributed by atoms with Crippen molar-refractivity contribution in [2.24, 2.45) is 5.41 Å². The highest BCUT2D eigenvalue weighted by atomic mass is 16.5. The minimum atomic E-state index is 0.339. The van der Waals surface area contributed by atoms with E-state index in [0.717, 1.165) is 39.4 Å². The molecule has 0 aliphatic heterocycles. The number of hydrogen-bond acceptors (Lipinski definition) is 4. The van der Waals surface area contributed by atoms with Gasteiger partial charge in [-0.15, -0.1) is 0 Å². The van der Waals surface area contributed by atoms with Crippen LogP contribution in [0, 0.1) is 5.41 Å². The Balaban J connectivity index is 4.76. The Morgan fingerprint density at radius 1 is 1.10 bits per heavy atom. The third kappa shape index (κ3) is 7.02. The van der Waals surface area contributed by atoms with E-state index < -0.39 is 0 Å². The lowest BCUT2D eigenvalue weighted by Gasteiger charge is -2.40. The topological polar surface area (TPSA) is 33.7 Å². The highest BCUT2D eigenvalue weighted by molar-refractivity contribution is 4.84. The highest BCUT2D eigenvalue weighted by Gasteiger charge is 2.30. The molecule has 4 nitrogen and oxygen atoms in total. The van der Waals surface area contributed by atoms with Crippen molar-refractivity contribution in [3.63, 3.8) is 0 Å². The smallest absolute Gasteiger partial charge is 0.0615 e. The summed E-state index contributed by atoms with van der Waals surface area (Å²) in [6.07, 6.45) is 2.39. The van der Waals surface area contributed by atoms with Crippen LogP contribution in [0.2, 0.25) is 0 Å². The van der Waals surface area contributed by atoms with Crippen molar-refractivity contribution in [2.45, 2.75) is 46.6 Å². The standard InChI is InChI=1S/C16H36N2O2/c1-7-16(8-2,13-17-9-3)14-18(10-11-19-5)15(4)12-20-6/h15,17H,7-14H2,1-6H3. The highest BCUT2D eigenvalue weighted by Crippen LogP contribution is 2.27. The van der Waals surface area contributed by atoms with Gasteiger partial charge in [0.1, 0.15) is 0 Å². The zero-order valence-electron chi connectivity index (χ0n) is 14.5. The van der Waals surface area contributed by atoms with Crippen LogP contribution in [0.1, 0.15) is 40.5 Å². The second-order valence-corrected chi connectivity index (χ2v) is 5.76. The number of nitrogens with zero attached hydrogens (tertiary/aromatic N) is 1. The van der Waals surface area contributed by atoms with Gasteiger partial charge in [-0.2, -0.15) is 0 Å². The molecule has 0 radical (unpaired) electrons. The van der Waals surface area contributed by atoms with Gasteiger partial charge in [0.2, 0.25) is 0 Å². The Hall–Kier alpha value is -0.160. The lowest BCUT2D eigenvalue weighted by Crippen LogP contribution is -2.48. The summed E-state index contributed by atoms with van der Waals surface area (Å²) >= 11 is 0. The van der Waals surface area contributed by atoms with Gasteiger partial charge in [0.05, 0.1) is 13.2 Å². The average molecular weight is 288 g/mol. The molecule has 0 aromatic heterocycles. The van der Waals surface area contributed by atoms with Crippen LogP contribution in [0.25, 0.3) is 0 Å². The van der Waals surface area contributed by atoms with Crippen molar-refractivity contribution in [3.05, 3.63) is 0 Å². The van der Waals surface area contributed by atoms with E-state index in [9.17, 15) is 0 Å². The van der Waals surface area contributed by atoms with Crippen LogP contribution >= 0.6 is 0 Å². The van der Waals surface area contributed by atoms with Crippen LogP contribution in [-0.4, -0.2) is 64.6 Å². The molecule has 0 amide bonds. The van der Waals surface area contributed by atoms with Crippen molar-refractivity contribution >= 4 is 0 Å². The maximum atomic E-state index is 5.33. The summed E-state index contributed by atoms with van der Waals surface area (Å²) in [4.78, 5) is 2.51. The lowest BCUT2D eigenvalue weighted by molar-refractivity contribution is 0.0396. The normalized spacial score (nSPS) is 13.9. The summed E-state index contributed by atoms with van der Waals surface area (Å²) in [6, 6.07) is 0.425. The first-order valence-corrected chi connectivity index (χ1v) is 8.01. The third-order valence-electron chi connectivity index (χ3n) is 4.40. The summed E-state index contributed by atoms with van der Waals surface area (Å²) in [5.41, 5.74) is 0.339. The molecule has 0 aromatic carbocycles. The van der Waals surface area contributed by atoms with E-state index in [-0.39, 0.29) is 0 Å². The Kier molecular flexibility index (Phi) is 11.4. The van der Waals surface area contributed by atoms with Crippen LogP contribution in [0.5, 0.6) is 0 Å². The van der Waals surface area contributed by atoms with E-state index in [1.54, 1.807) is 14.2 Å². The molecular weight excluding hydrogens is 252 g/mol. The molecule has 0 bridgehead atoms. The first-order valence-electron chi connectivity index (χ1n) is 8.01. The number of methoxy groups -OCH3 is 2. The fourth-order valence-electron chi connectivity index (χ4n) is 2.61. The van der Waals surface area contributed by atoms with Gasteiger partial charge in [0.15, 0.2) is 0 Å². The van der Waals surface area contributed by atoms with Gasteiger partial charge < -0.3 is 14.8 Å². The molecule has 0 saturated heterocycles. The molecule has 0 aliphatic carbocycles. The second-order valence-electron chi connectivity index (χ2n) is 5.76. The van der Waals surface area contributed by atoms with E-state index >= 15 is 0 Å². The molecule has 0 aliphatic rings. The predicted octanol–water partition coefficient (Wildman–Crippen LogP) is 2.39. The van der Waals surface area contributed by atoms with Crippen molar-refractivity contribution in [1.29, 1.82) is 0 Å². The zero-order chi connectivity index (χ0) is 15.4. The fraction of sp³-hybridized carbons (Fsp3) is 1.00. The second kappa shape index (κ2) is 11.5. The molecule has 0 rings (SSSR count). The first kappa shape index (κ1) is 19.8. The SMILES string of the molecule is CCNCC(CC)(CC)CN(CCOC)C(C)COC. The van der Waals surface area contributed by atoms with Gasteiger partial charge in [0, 0.05) is 39.9 Å². The van der Waals surface area contributed by atoms with Crippen LogP contribution in [0.3, 0.4) is 0 Å². The monoisotopic (exact) mass is 288 g/mol. The van der Waals surface area contributed by atoms with Crippen LogP contribution < -0.4 is 5.32 Å². The number of rotatable bonds is 13. The van der Waals surface area contributed by atoms with Gasteiger partial charge in [-0.25, -0.2) is 0 Å². The van der Waals surface area contributed by atoms with E-state index in [1.165, 1.54) is 12.8 Å². The summed E-state index contributed by atoms with van der Waals surface area (Å²) in [7, 11) is 3.54. The molecule has 0 fully saturated rings. The quantitative estimate of drug-likeness (QED) is 0.564. The number of ether oxygens (including phenoxy) is 2. The van der Waals surface area contributed by atoms with Crippen molar-refractivity contribution in [3.8, 4) is 0 Å². The average Bonchev–Trinajstić information content (AvgIpc) is 2.47. The summed E-state index contributed by atoms with van der Waals surface area (Å²) < 4.78 is 10.6. The molecule has 1 atom stereocenters. The lowest BCUT2D eigenvalue weighted by atomic mass is 9.81. The molecule has 0 heterocycles. The van der Waals surface area contributed by atoms with Gasteiger partial charge in [0.25, 0.3) is 0 Å². The van der Waals surface area contributed by atoms with E-state index in [4.69, 9.17) is 9.47 Å². The minimum absolute atomic E-state index is 0.339. The van der Waals surface area contributed by atoms with Crippen LogP contribution in [-0.2, 0) is 9.47 Å². The summed E-state index contributed by atoms with van der Waals surface area (Å²) in [5, 5.41) is 3.53. The molecular formula is C16H36N2O2. The number of nitrogens with one attached hydrogen (secondary N) is 1. The van der Waals surface area contributed by atoms with Gasteiger partial charge in [-0.1, -0.05) is 20.8 Å². The van der Waals surface area contributed by atoms with Crippen molar-refractivity contribution in [2.75, 3.05) is 53.6 Å². The zero-order valence-corrected chi connectivity index (χ0v) is 14.5. The molecule has 20 heavy (non-hydrogen) atoms. The van der Waals surface area contributed by atoms with Gasteiger partial charge >= 0.3 is 0 Å². The van der Waals surface area contributed by atoms with Gasteiger partial charge in [-0.3, -0.25) is 4.90 Å². The molecule has 0 spiro atoms. The molecule has 1 unspecified atom stereocenters. The Morgan fingerprint density at radius 2 is 1.75 bits per heavy atom. The predicted molar refractivity (Wildman–Crippen MR) is 86.3 cm³/mol. The Morgan fingerprint density at radius 3 is 2.20 bits per heavy atom. The number of hydrogen-bond donors (Lipinski definition) is 1. The summed E-state index contributed by atoms with van der Waals surface area (Å²) in [6.45, 7) is 14.7. The van der Waals surface area contributed by atoms with E-state index in [2.05, 4.69) is 37.9 Å². The summed E-state index contributed by atoms with van der Waals surface area (Å²) in [5.74, 6) is 0. The van der Waals surface area contributed by atoms with Gasteiger partial charge in [-0.05, 0) is 31.7 Å². The maximum Gasteiger partial charge on any atom is 0.0615 e. The first-order chi connectivity index (χ1) is 9.59. The van der Waals surface area contributed by atoms with Crippen LogP contribution in [0.15, 0.2) is 0 Å². The van der Waals surface area contributed by atoms with Crippen molar-refractivity contribution < 1.29 is 9.47 Å². The third-order valence-corrected chi connectivity index (χ3v) is 4.40. The maximum absolute atomic E-state index is 5.33. The molecule has 1 N–H and O–H groups in total. The van der Waals surface area contributed by atoms with E-state index in [1.807, 2.05) is 0 Å². The molecule has 0 saturated carbocycles. The molecule has 4 heteroatoms. The Bertz CT molecular complexity index is 221. The van der Waals surface area contributed by atoms with E-state index in [0.29, 0.717) is 11.5 Å². The van der Waals surface area contributed by atoms with Crippen LogP contribution in [0.4, 0.5) is 0 Å². The molecule has 122 valence electrons. The van der Waals surface area contributed by atoms with Crippen molar-refractivity contribution in [1.82, 2.24) is 10.2 Å². The molecule has 0 aromatic rings. The minimum Gasteiger partial charge on any atom is -0.383 e. The fourth-order valence-corrected chi connectivity index (χ4v) is 2.61.